The normalized spacial score (nSPS) is 11.4. The zero-order chi connectivity index (χ0) is 14.3. The predicted octanol–water partition coefficient (Wildman–Crippen LogP) is 3.09. The number of rotatable bonds is 6. The number of nitrogens with one attached hydrogen (secondary N) is 1. The molecule has 0 spiro atoms. The van der Waals surface area contributed by atoms with Gasteiger partial charge in [0.05, 0.1) is 6.54 Å². The van der Waals surface area contributed by atoms with E-state index in [0.717, 1.165) is 32.0 Å². The van der Waals surface area contributed by atoms with Crippen LogP contribution < -0.4 is 5.32 Å². The van der Waals surface area contributed by atoms with Crippen molar-refractivity contribution in [3.05, 3.63) is 24.0 Å². The van der Waals surface area contributed by atoms with Crippen molar-refractivity contribution >= 4 is 29.9 Å². The van der Waals surface area contributed by atoms with E-state index in [1.165, 1.54) is 5.69 Å². The first-order valence-corrected chi connectivity index (χ1v) is 7.14. The SMILES string of the molecule is CCNC(=NCCC(C)C)N(C)Cc1cccn1C.I. The fraction of sp³-hybridized carbons (Fsp3) is 0.667. The molecule has 0 aliphatic heterocycles. The molecule has 0 radical (unpaired) electrons. The third kappa shape index (κ3) is 6.63. The van der Waals surface area contributed by atoms with Crippen LogP contribution in [0, 0.1) is 5.92 Å². The Bertz CT molecular complexity index is 398. The second-order valence-electron chi connectivity index (χ2n) is 5.38. The standard InChI is InChI=1S/C15H28N4.HI/c1-6-16-15(17-10-9-13(2)3)19(5)12-14-8-7-11-18(14)4;/h7-8,11,13H,6,9-10,12H2,1-5H3,(H,16,17);1H. The molecule has 1 heterocycles. The lowest BCUT2D eigenvalue weighted by Gasteiger charge is -2.22. The smallest absolute Gasteiger partial charge is 0.194 e. The van der Waals surface area contributed by atoms with Gasteiger partial charge in [0.2, 0.25) is 0 Å². The molecule has 0 aliphatic rings. The summed E-state index contributed by atoms with van der Waals surface area (Å²) in [7, 11) is 4.16. The molecule has 5 heteroatoms. The van der Waals surface area contributed by atoms with Gasteiger partial charge in [0.1, 0.15) is 0 Å². The van der Waals surface area contributed by atoms with Crippen LogP contribution in [0.25, 0.3) is 0 Å². The minimum absolute atomic E-state index is 0. The molecule has 1 aromatic rings. The van der Waals surface area contributed by atoms with E-state index in [2.05, 4.69) is 73.0 Å². The molecule has 0 saturated heterocycles. The van der Waals surface area contributed by atoms with Gasteiger partial charge in [-0.05, 0) is 31.4 Å². The molecule has 0 amide bonds. The molecule has 1 rings (SSSR count). The second-order valence-corrected chi connectivity index (χ2v) is 5.38. The van der Waals surface area contributed by atoms with Gasteiger partial charge in [-0.3, -0.25) is 4.99 Å². The number of hydrogen-bond donors (Lipinski definition) is 1. The predicted molar refractivity (Wildman–Crippen MR) is 97.7 cm³/mol. The van der Waals surface area contributed by atoms with E-state index in [1.54, 1.807) is 0 Å². The molecule has 0 fully saturated rings. The van der Waals surface area contributed by atoms with E-state index < -0.39 is 0 Å². The van der Waals surface area contributed by atoms with Crippen molar-refractivity contribution in [3.8, 4) is 0 Å². The number of aryl methyl sites for hydroxylation is 1. The number of halogens is 1. The summed E-state index contributed by atoms with van der Waals surface area (Å²) in [4.78, 5) is 6.87. The molecule has 116 valence electrons. The first kappa shape index (κ1) is 19.3. The molecule has 0 atom stereocenters. The van der Waals surface area contributed by atoms with Gasteiger partial charge in [0.25, 0.3) is 0 Å². The maximum Gasteiger partial charge on any atom is 0.194 e. The summed E-state index contributed by atoms with van der Waals surface area (Å²) in [6, 6.07) is 4.22. The van der Waals surface area contributed by atoms with Crippen molar-refractivity contribution in [2.24, 2.45) is 18.0 Å². The van der Waals surface area contributed by atoms with Crippen LogP contribution in [-0.4, -0.2) is 35.6 Å². The molecular formula is C15H29IN4. The van der Waals surface area contributed by atoms with Gasteiger partial charge in [-0.1, -0.05) is 13.8 Å². The Kier molecular flexibility index (Phi) is 9.71. The van der Waals surface area contributed by atoms with Crippen LogP contribution in [0.5, 0.6) is 0 Å². The van der Waals surface area contributed by atoms with Gasteiger partial charge in [-0.25, -0.2) is 0 Å². The molecular weight excluding hydrogens is 363 g/mol. The highest BCUT2D eigenvalue weighted by atomic mass is 127. The molecule has 1 aromatic heterocycles. The topological polar surface area (TPSA) is 32.6 Å². The van der Waals surface area contributed by atoms with Gasteiger partial charge < -0.3 is 14.8 Å². The molecule has 4 nitrogen and oxygen atoms in total. The molecule has 0 saturated carbocycles. The van der Waals surface area contributed by atoms with E-state index in [9.17, 15) is 0 Å². The minimum atomic E-state index is 0. The van der Waals surface area contributed by atoms with Crippen LogP contribution in [-0.2, 0) is 13.6 Å². The van der Waals surface area contributed by atoms with E-state index in [-0.39, 0.29) is 24.0 Å². The lowest BCUT2D eigenvalue weighted by molar-refractivity contribution is 0.460. The number of hydrogen-bond acceptors (Lipinski definition) is 1. The Balaban J connectivity index is 0.00000361. The summed E-state index contributed by atoms with van der Waals surface area (Å²) in [6.45, 7) is 9.23. The first-order chi connectivity index (χ1) is 9.04. The molecule has 0 aliphatic carbocycles. The number of aliphatic imine (C=N–C) groups is 1. The monoisotopic (exact) mass is 392 g/mol. The highest BCUT2D eigenvalue weighted by Gasteiger charge is 2.08. The van der Waals surface area contributed by atoms with Crippen molar-refractivity contribution < 1.29 is 0 Å². The van der Waals surface area contributed by atoms with Crippen LogP contribution in [0.1, 0.15) is 32.9 Å². The number of aromatic nitrogens is 1. The molecule has 20 heavy (non-hydrogen) atoms. The van der Waals surface area contributed by atoms with E-state index >= 15 is 0 Å². The third-order valence-corrected chi connectivity index (χ3v) is 3.11. The van der Waals surface area contributed by atoms with Gasteiger partial charge >= 0.3 is 0 Å². The fourth-order valence-electron chi connectivity index (χ4n) is 1.88. The minimum Gasteiger partial charge on any atom is -0.357 e. The third-order valence-electron chi connectivity index (χ3n) is 3.11. The Morgan fingerprint density at radius 3 is 2.65 bits per heavy atom. The molecule has 0 aromatic carbocycles. The average Bonchev–Trinajstić information content (AvgIpc) is 2.73. The summed E-state index contributed by atoms with van der Waals surface area (Å²) >= 11 is 0. The van der Waals surface area contributed by atoms with Crippen LogP contribution in [0.4, 0.5) is 0 Å². The average molecular weight is 392 g/mol. The lowest BCUT2D eigenvalue weighted by Crippen LogP contribution is -2.39. The number of nitrogens with zero attached hydrogens (tertiary/aromatic N) is 3. The lowest BCUT2D eigenvalue weighted by atomic mass is 10.1. The van der Waals surface area contributed by atoms with Gasteiger partial charge in [0, 0.05) is 39.1 Å². The van der Waals surface area contributed by atoms with Gasteiger partial charge in [-0.2, -0.15) is 0 Å². The Hall–Kier alpha value is -0.720. The Morgan fingerprint density at radius 2 is 2.15 bits per heavy atom. The zero-order valence-electron chi connectivity index (χ0n) is 13.4. The van der Waals surface area contributed by atoms with E-state index in [0.29, 0.717) is 5.92 Å². The maximum atomic E-state index is 4.69. The van der Waals surface area contributed by atoms with Crippen molar-refractivity contribution in [1.82, 2.24) is 14.8 Å². The van der Waals surface area contributed by atoms with Crippen molar-refractivity contribution in [3.63, 3.8) is 0 Å². The largest absolute Gasteiger partial charge is 0.357 e. The van der Waals surface area contributed by atoms with Crippen LogP contribution in [0.15, 0.2) is 23.3 Å². The summed E-state index contributed by atoms with van der Waals surface area (Å²) in [6.07, 6.45) is 3.21. The zero-order valence-corrected chi connectivity index (χ0v) is 15.7. The fourth-order valence-corrected chi connectivity index (χ4v) is 1.88. The summed E-state index contributed by atoms with van der Waals surface area (Å²) in [5.74, 6) is 1.69. The molecule has 1 N–H and O–H groups in total. The van der Waals surface area contributed by atoms with Crippen molar-refractivity contribution in [1.29, 1.82) is 0 Å². The van der Waals surface area contributed by atoms with Gasteiger partial charge in [-0.15, -0.1) is 24.0 Å². The van der Waals surface area contributed by atoms with Crippen LogP contribution in [0.3, 0.4) is 0 Å². The second kappa shape index (κ2) is 10.1. The Labute approximate surface area is 140 Å². The van der Waals surface area contributed by atoms with E-state index in [1.807, 2.05) is 0 Å². The highest BCUT2D eigenvalue weighted by molar-refractivity contribution is 14.0. The van der Waals surface area contributed by atoms with E-state index in [4.69, 9.17) is 0 Å². The molecule has 0 bridgehead atoms. The summed E-state index contributed by atoms with van der Waals surface area (Å²) in [5, 5.41) is 3.35. The van der Waals surface area contributed by atoms with Crippen LogP contribution >= 0.6 is 24.0 Å². The maximum absolute atomic E-state index is 4.69. The van der Waals surface area contributed by atoms with Crippen molar-refractivity contribution in [2.75, 3.05) is 20.1 Å². The van der Waals surface area contributed by atoms with Gasteiger partial charge in [0.15, 0.2) is 5.96 Å². The number of guanidine groups is 1. The summed E-state index contributed by atoms with van der Waals surface area (Å²) < 4.78 is 2.15. The Morgan fingerprint density at radius 1 is 1.45 bits per heavy atom. The quantitative estimate of drug-likeness (QED) is 0.459. The summed E-state index contributed by atoms with van der Waals surface area (Å²) in [5.41, 5.74) is 1.29. The first-order valence-electron chi connectivity index (χ1n) is 7.14. The van der Waals surface area contributed by atoms with Crippen LogP contribution in [0.2, 0.25) is 0 Å². The highest BCUT2D eigenvalue weighted by Crippen LogP contribution is 2.04. The van der Waals surface area contributed by atoms with Crippen molar-refractivity contribution in [2.45, 2.75) is 33.7 Å². The molecule has 0 unspecified atom stereocenters.